The van der Waals surface area contributed by atoms with Gasteiger partial charge in [-0.1, -0.05) is 0 Å². The van der Waals surface area contributed by atoms with Crippen LogP contribution in [-0.2, 0) is 22.1 Å². The lowest BCUT2D eigenvalue weighted by atomic mass is 9.57. The number of H-pyrrole nitrogens is 1. The zero-order valence-electron chi connectivity index (χ0n) is 16.4. The maximum Gasteiger partial charge on any atom is 0.435 e. The number of ether oxygens (including phenoxy) is 1. The topological polar surface area (TPSA) is 90.6 Å². The summed E-state index contributed by atoms with van der Waals surface area (Å²) in [5.74, 6) is 0.169. The number of carbonyl (C=O) groups is 2. The van der Waals surface area contributed by atoms with Gasteiger partial charge < -0.3 is 19.9 Å². The van der Waals surface area contributed by atoms with Gasteiger partial charge >= 0.3 is 12.2 Å². The van der Waals surface area contributed by atoms with E-state index in [0.29, 0.717) is 50.6 Å². The highest BCUT2D eigenvalue weighted by atomic mass is 19.4. The van der Waals surface area contributed by atoms with Crippen molar-refractivity contribution in [1.82, 2.24) is 25.3 Å². The first-order valence-corrected chi connectivity index (χ1v) is 10.3. The van der Waals surface area contributed by atoms with E-state index in [1.165, 1.54) is 0 Å². The molecular formula is C19H24F3N5O3. The molecule has 1 aliphatic carbocycles. The highest BCUT2D eigenvalue weighted by Crippen LogP contribution is 2.53. The molecule has 164 valence electrons. The van der Waals surface area contributed by atoms with Gasteiger partial charge in [0.2, 0.25) is 5.91 Å². The molecule has 8 nitrogen and oxygen atoms in total. The molecule has 1 saturated carbocycles. The number of fused-ring (bicyclic) bond motifs is 1. The van der Waals surface area contributed by atoms with Crippen LogP contribution in [0.4, 0.5) is 18.0 Å². The minimum absolute atomic E-state index is 0.00858. The van der Waals surface area contributed by atoms with Gasteiger partial charge in [0.15, 0.2) is 5.69 Å². The number of aromatic amines is 1. The zero-order valence-corrected chi connectivity index (χ0v) is 16.4. The summed E-state index contributed by atoms with van der Waals surface area (Å²) in [4.78, 5) is 28.0. The average Bonchev–Trinajstić information content (AvgIpc) is 3.10. The molecular weight excluding hydrogens is 403 g/mol. The normalized spacial score (nSPS) is 28.6. The number of alkyl halides is 3. The van der Waals surface area contributed by atoms with Crippen molar-refractivity contribution >= 4 is 11.9 Å². The number of amides is 3. The van der Waals surface area contributed by atoms with Crippen molar-refractivity contribution in [3.8, 4) is 0 Å². The number of hydrogen-bond acceptors (Lipinski definition) is 4. The van der Waals surface area contributed by atoms with Crippen molar-refractivity contribution in [2.75, 3.05) is 32.8 Å². The van der Waals surface area contributed by atoms with E-state index in [1.54, 1.807) is 4.90 Å². The van der Waals surface area contributed by atoms with Gasteiger partial charge in [-0.3, -0.25) is 9.89 Å². The van der Waals surface area contributed by atoms with E-state index < -0.39 is 11.9 Å². The summed E-state index contributed by atoms with van der Waals surface area (Å²) in [5.41, 5.74) is -0.266. The van der Waals surface area contributed by atoms with Crippen molar-refractivity contribution in [3.63, 3.8) is 0 Å². The Morgan fingerprint density at radius 1 is 1.30 bits per heavy atom. The molecule has 1 aromatic heterocycles. The number of hydrogen-bond donors (Lipinski definition) is 2. The second-order valence-corrected chi connectivity index (χ2v) is 9.15. The van der Waals surface area contributed by atoms with Crippen LogP contribution in [0.25, 0.3) is 0 Å². The van der Waals surface area contributed by atoms with Crippen molar-refractivity contribution in [1.29, 1.82) is 0 Å². The Hall–Kier alpha value is -2.30. The Morgan fingerprint density at radius 2 is 2.07 bits per heavy atom. The molecule has 1 aromatic rings. The van der Waals surface area contributed by atoms with Gasteiger partial charge in [-0.2, -0.15) is 18.3 Å². The van der Waals surface area contributed by atoms with Crippen molar-refractivity contribution in [2.45, 2.75) is 44.0 Å². The van der Waals surface area contributed by atoms with Gasteiger partial charge in [0.1, 0.15) is 6.61 Å². The Bertz CT molecular complexity index is 843. The van der Waals surface area contributed by atoms with Gasteiger partial charge in [0.25, 0.3) is 0 Å². The zero-order chi connectivity index (χ0) is 21.1. The van der Waals surface area contributed by atoms with Gasteiger partial charge in [-0.25, -0.2) is 4.79 Å². The number of likely N-dealkylation sites (tertiary alicyclic amines) is 2. The first kappa shape index (κ1) is 19.7. The van der Waals surface area contributed by atoms with Gasteiger partial charge in [-0.15, -0.1) is 0 Å². The summed E-state index contributed by atoms with van der Waals surface area (Å²) >= 11 is 0. The van der Waals surface area contributed by atoms with Crippen LogP contribution < -0.4 is 5.32 Å². The minimum atomic E-state index is -4.43. The molecule has 3 aliphatic heterocycles. The molecule has 4 fully saturated rings. The van der Waals surface area contributed by atoms with E-state index in [1.807, 2.05) is 4.90 Å². The number of piperidine rings is 1. The molecule has 1 spiro atoms. The Balaban J connectivity index is 1.08. The summed E-state index contributed by atoms with van der Waals surface area (Å²) in [6.07, 6.45) is -1.37. The van der Waals surface area contributed by atoms with Gasteiger partial charge in [-0.05, 0) is 37.7 Å². The van der Waals surface area contributed by atoms with Crippen LogP contribution in [0.5, 0.6) is 0 Å². The largest absolute Gasteiger partial charge is 0.435 e. The molecule has 3 saturated heterocycles. The molecule has 4 aliphatic rings. The van der Waals surface area contributed by atoms with Gasteiger partial charge in [0.05, 0.1) is 12.1 Å². The number of aromatic nitrogens is 2. The predicted molar refractivity (Wildman–Crippen MR) is 97.3 cm³/mol. The predicted octanol–water partition coefficient (Wildman–Crippen LogP) is 1.39. The van der Waals surface area contributed by atoms with Crippen LogP contribution in [0.3, 0.4) is 0 Å². The Morgan fingerprint density at radius 3 is 2.77 bits per heavy atom. The molecule has 2 atom stereocenters. The smallest absolute Gasteiger partial charge is 0.366 e. The first-order chi connectivity index (χ1) is 14.2. The van der Waals surface area contributed by atoms with E-state index in [0.717, 1.165) is 18.9 Å². The summed E-state index contributed by atoms with van der Waals surface area (Å²) in [7, 11) is 0. The standard InChI is InChI=1S/C19H24F3N5O3/c20-19(21,22)15-4-12(24-25-15)3-11-5-18(6-11)9-27(10-18)17(29)26-2-1-14-13(7-26)23-16(28)8-30-14/h4,11,13-14H,1-3,5-10H2,(H,23,28)(H,24,25)/t13-,14+/m1/s1. The number of morpholine rings is 1. The molecule has 0 unspecified atom stereocenters. The SMILES string of the molecule is O=C1CO[C@H]2CCN(C(=O)N3CC4(CC(Cc5cc(C(F)(F)F)n[nH]5)C4)C3)C[C@H]2N1. The summed E-state index contributed by atoms with van der Waals surface area (Å²) in [6.45, 7) is 2.53. The van der Waals surface area contributed by atoms with E-state index in [9.17, 15) is 22.8 Å². The number of nitrogens with zero attached hydrogens (tertiary/aromatic N) is 3. The molecule has 0 radical (unpaired) electrons. The lowest BCUT2D eigenvalue weighted by Gasteiger charge is -2.60. The van der Waals surface area contributed by atoms with Crippen LogP contribution >= 0.6 is 0 Å². The summed E-state index contributed by atoms with van der Waals surface area (Å²) in [5, 5.41) is 8.74. The third kappa shape index (κ3) is 3.52. The highest BCUT2D eigenvalue weighted by molar-refractivity contribution is 5.79. The molecule has 2 N–H and O–H groups in total. The fraction of sp³-hybridized carbons (Fsp3) is 0.737. The number of nitrogens with one attached hydrogen (secondary N) is 2. The number of halogens is 3. The monoisotopic (exact) mass is 427 g/mol. The van der Waals surface area contributed by atoms with Crippen molar-refractivity contribution in [2.24, 2.45) is 11.3 Å². The second kappa shape index (κ2) is 6.86. The van der Waals surface area contributed by atoms with Crippen LogP contribution in [-0.4, -0.2) is 76.9 Å². The quantitative estimate of drug-likeness (QED) is 0.747. The van der Waals surface area contributed by atoms with E-state index in [-0.39, 0.29) is 36.1 Å². The van der Waals surface area contributed by atoms with Crippen molar-refractivity contribution < 1.29 is 27.5 Å². The lowest BCUT2D eigenvalue weighted by Crippen LogP contribution is -2.68. The molecule has 0 bridgehead atoms. The third-order valence-electron chi connectivity index (χ3n) is 6.79. The Labute approximate surface area is 171 Å². The number of carbonyl (C=O) groups excluding carboxylic acids is 2. The van der Waals surface area contributed by atoms with E-state index in [4.69, 9.17) is 4.74 Å². The highest BCUT2D eigenvalue weighted by Gasteiger charge is 2.54. The van der Waals surface area contributed by atoms with Crippen LogP contribution in [0, 0.1) is 11.3 Å². The molecule has 0 aromatic carbocycles. The molecule has 4 heterocycles. The fourth-order valence-corrected chi connectivity index (χ4v) is 5.46. The van der Waals surface area contributed by atoms with Crippen molar-refractivity contribution in [3.05, 3.63) is 17.5 Å². The third-order valence-corrected chi connectivity index (χ3v) is 6.79. The average molecular weight is 427 g/mol. The molecule has 30 heavy (non-hydrogen) atoms. The first-order valence-electron chi connectivity index (χ1n) is 10.3. The fourth-order valence-electron chi connectivity index (χ4n) is 5.46. The molecule has 5 rings (SSSR count). The molecule has 11 heteroatoms. The summed E-state index contributed by atoms with van der Waals surface area (Å²) in [6, 6.07) is 0.924. The maximum atomic E-state index is 12.8. The van der Waals surface area contributed by atoms with E-state index >= 15 is 0 Å². The second-order valence-electron chi connectivity index (χ2n) is 9.15. The van der Waals surface area contributed by atoms with Crippen LogP contribution in [0.2, 0.25) is 0 Å². The van der Waals surface area contributed by atoms with Crippen LogP contribution in [0.1, 0.15) is 30.7 Å². The number of rotatable bonds is 2. The molecule has 3 amide bonds. The maximum absolute atomic E-state index is 12.8. The van der Waals surface area contributed by atoms with Crippen LogP contribution in [0.15, 0.2) is 6.07 Å². The number of urea groups is 1. The van der Waals surface area contributed by atoms with Gasteiger partial charge in [0, 0.05) is 37.3 Å². The Kier molecular flexibility index (Phi) is 4.49. The minimum Gasteiger partial charge on any atom is -0.366 e. The van der Waals surface area contributed by atoms with E-state index in [2.05, 4.69) is 15.5 Å². The lowest BCUT2D eigenvalue weighted by molar-refractivity contribution is -0.141. The summed E-state index contributed by atoms with van der Waals surface area (Å²) < 4.78 is 43.5.